The van der Waals surface area contributed by atoms with Gasteiger partial charge < -0.3 is 9.64 Å². The molecule has 1 aromatic heterocycles. The summed E-state index contributed by atoms with van der Waals surface area (Å²) < 4.78 is 19.7. The number of aryl methyl sites for hydroxylation is 1. The standard InChI is InChI=1S/C20H23ClFN3O3/c1-12-8-13(2)10-24(9-12)17(26)11-28-20(27)18-14(3)23-25(19(18)21)16-6-4-15(22)5-7-16/h4-7,12-13H,8-11H2,1-3H3/t12-,13-/m0/s1. The van der Waals surface area contributed by atoms with Gasteiger partial charge in [-0.3, -0.25) is 4.79 Å². The van der Waals surface area contributed by atoms with E-state index in [1.165, 1.54) is 28.9 Å². The van der Waals surface area contributed by atoms with Crippen LogP contribution in [0.4, 0.5) is 4.39 Å². The summed E-state index contributed by atoms with van der Waals surface area (Å²) in [5.74, 6) is -0.458. The van der Waals surface area contributed by atoms with Gasteiger partial charge in [0.1, 0.15) is 16.5 Å². The summed E-state index contributed by atoms with van der Waals surface area (Å²) in [6.45, 7) is 6.84. The molecule has 1 saturated heterocycles. The van der Waals surface area contributed by atoms with Crippen LogP contribution in [0.3, 0.4) is 0 Å². The molecule has 1 fully saturated rings. The molecule has 0 N–H and O–H groups in total. The van der Waals surface area contributed by atoms with Gasteiger partial charge in [-0.05, 0) is 49.4 Å². The first-order valence-electron chi connectivity index (χ1n) is 9.22. The lowest BCUT2D eigenvalue weighted by molar-refractivity contribution is -0.137. The van der Waals surface area contributed by atoms with Gasteiger partial charge in [-0.25, -0.2) is 13.9 Å². The molecule has 28 heavy (non-hydrogen) atoms. The van der Waals surface area contributed by atoms with Crippen molar-refractivity contribution >= 4 is 23.5 Å². The molecule has 0 saturated carbocycles. The minimum Gasteiger partial charge on any atom is -0.452 e. The van der Waals surface area contributed by atoms with Gasteiger partial charge >= 0.3 is 5.97 Å². The normalized spacial score (nSPS) is 19.5. The van der Waals surface area contributed by atoms with Crippen LogP contribution in [0.1, 0.15) is 36.3 Å². The Morgan fingerprint density at radius 3 is 2.43 bits per heavy atom. The minimum absolute atomic E-state index is 0.0572. The molecule has 3 rings (SSSR count). The van der Waals surface area contributed by atoms with Crippen LogP contribution in [0, 0.1) is 24.6 Å². The van der Waals surface area contributed by atoms with E-state index >= 15 is 0 Å². The molecule has 6 nitrogen and oxygen atoms in total. The number of amides is 1. The lowest BCUT2D eigenvalue weighted by atomic mass is 9.92. The highest BCUT2D eigenvalue weighted by Gasteiger charge is 2.27. The van der Waals surface area contributed by atoms with Crippen LogP contribution >= 0.6 is 11.6 Å². The second kappa shape index (κ2) is 8.31. The van der Waals surface area contributed by atoms with Gasteiger partial charge in [-0.1, -0.05) is 25.4 Å². The molecule has 0 radical (unpaired) electrons. The number of nitrogens with zero attached hydrogens (tertiary/aromatic N) is 3. The third kappa shape index (κ3) is 4.35. The third-order valence-corrected chi connectivity index (χ3v) is 5.18. The number of piperidine rings is 1. The molecule has 150 valence electrons. The Morgan fingerprint density at radius 2 is 1.82 bits per heavy atom. The number of hydrogen-bond acceptors (Lipinski definition) is 4. The van der Waals surface area contributed by atoms with Crippen molar-refractivity contribution < 1.29 is 18.7 Å². The molecule has 0 aliphatic carbocycles. The Kier molecular flexibility index (Phi) is 6.03. The topological polar surface area (TPSA) is 64.4 Å². The van der Waals surface area contributed by atoms with Crippen LogP contribution in [0.15, 0.2) is 24.3 Å². The molecule has 2 aromatic rings. The number of hydrogen-bond donors (Lipinski definition) is 0. The van der Waals surface area contributed by atoms with Gasteiger partial charge in [0.25, 0.3) is 5.91 Å². The van der Waals surface area contributed by atoms with Crippen molar-refractivity contribution in [3.8, 4) is 5.69 Å². The SMILES string of the molecule is Cc1nn(-c2ccc(F)cc2)c(Cl)c1C(=O)OCC(=O)N1C[C@@H](C)C[C@H](C)C1. The predicted octanol–water partition coefficient (Wildman–Crippen LogP) is 3.63. The zero-order valence-electron chi connectivity index (χ0n) is 16.1. The molecule has 1 aliphatic rings. The van der Waals surface area contributed by atoms with E-state index < -0.39 is 5.97 Å². The number of aromatic nitrogens is 2. The van der Waals surface area contributed by atoms with Crippen LogP contribution in [0.25, 0.3) is 5.69 Å². The summed E-state index contributed by atoms with van der Waals surface area (Å²) in [6.07, 6.45) is 1.08. The molecule has 0 unspecified atom stereocenters. The second-order valence-electron chi connectivity index (χ2n) is 7.46. The maximum atomic E-state index is 13.1. The maximum absolute atomic E-state index is 13.1. The quantitative estimate of drug-likeness (QED) is 0.726. The highest BCUT2D eigenvalue weighted by Crippen LogP contribution is 2.25. The van der Waals surface area contributed by atoms with Gasteiger partial charge in [0.2, 0.25) is 0 Å². The number of ether oxygens (including phenoxy) is 1. The monoisotopic (exact) mass is 407 g/mol. The number of rotatable bonds is 4. The zero-order chi connectivity index (χ0) is 20.4. The Bertz CT molecular complexity index is 872. The molecule has 2 heterocycles. The van der Waals surface area contributed by atoms with Crippen LogP contribution < -0.4 is 0 Å². The van der Waals surface area contributed by atoms with Crippen molar-refractivity contribution in [2.75, 3.05) is 19.7 Å². The van der Waals surface area contributed by atoms with Crippen molar-refractivity contribution in [3.05, 3.63) is 46.5 Å². The first kappa shape index (κ1) is 20.3. The Balaban J connectivity index is 1.69. The van der Waals surface area contributed by atoms with Crippen LogP contribution in [0.5, 0.6) is 0 Å². The van der Waals surface area contributed by atoms with Crippen LogP contribution in [-0.2, 0) is 9.53 Å². The van der Waals surface area contributed by atoms with E-state index in [4.69, 9.17) is 16.3 Å². The molecule has 0 bridgehead atoms. The summed E-state index contributed by atoms with van der Waals surface area (Å²) in [5, 5.41) is 4.29. The fourth-order valence-corrected chi connectivity index (χ4v) is 3.99. The summed E-state index contributed by atoms with van der Waals surface area (Å²) in [7, 11) is 0. The van der Waals surface area contributed by atoms with Gasteiger partial charge in [0.05, 0.1) is 11.4 Å². The Hall–Kier alpha value is -2.41. The molecule has 1 amide bonds. The molecule has 1 aromatic carbocycles. The highest BCUT2D eigenvalue weighted by molar-refractivity contribution is 6.33. The second-order valence-corrected chi connectivity index (χ2v) is 7.82. The van der Waals surface area contributed by atoms with Crippen molar-refractivity contribution in [3.63, 3.8) is 0 Å². The summed E-state index contributed by atoms with van der Waals surface area (Å²) in [6, 6.07) is 5.57. The van der Waals surface area contributed by atoms with E-state index in [9.17, 15) is 14.0 Å². The van der Waals surface area contributed by atoms with Gasteiger partial charge in [-0.15, -0.1) is 0 Å². The molecule has 2 atom stereocenters. The van der Waals surface area contributed by atoms with Crippen molar-refractivity contribution in [2.45, 2.75) is 27.2 Å². The lowest BCUT2D eigenvalue weighted by Gasteiger charge is -2.34. The van der Waals surface area contributed by atoms with E-state index in [1.54, 1.807) is 11.8 Å². The van der Waals surface area contributed by atoms with E-state index in [0.29, 0.717) is 36.3 Å². The summed E-state index contributed by atoms with van der Waals surface area (Å²) in [4.78, 5) is 26.7. The zero-order valence-corrected chi connectivity index (χ0v) is 16.9. The first-order valence-corrected chi connectivity index (χ1v) is 9.60. The summed E-state index contributed by atoms with van der Waals surface area (Å²) >= 11 is 6.31. The fraction of sp³-hybridized carbons (Fsp3) is 0.450. The predicted molar refractivity (Wildman–Crippen MR) is 103 cm³/mol. The van der Waals surface area contributed by atoms with Gasteiger partial charge in [0.15, 0.2) is 6.61 Å². The molecule has 0 spiro atoms. The van der Waals surface area contributed by atoms with Gasteiger partial charge in [-0.2, -0.15) is 5.10 Å². The third-order valence-electron chi connectivity index (χ3n) is 4.83. The average molecular weight is 408 g/mol. The number of carbonyl (C=O) groups excluding carboxylic acids is 2. The van der Waals surface area contributed by atoms with E-state index in [-0.39, 0.29) is 29.0 Å². The Morgan fingerprint density at radius 1 is 1.21 bits per heavy atom. The maximum Gasteiger partial charge on any atom is 0.343 e. The number of benzene rings is 1. The smallest absolute Gasteiger partial charge is 0.343 e. The lowest BCUT2D eigenvalue weighted by Crippen LogP contribution is -2.44. The van der Waals surface area contributed by atoms with E-state index in [1.807, 2.05) is 0 Å². The van der Waals surface area contributed by atoms with E-state index in [2.05, 4.69) is 18.9 Å². The van der Waals surface area contributed by atoms with E-state index in [0.717, 1.165) is 6.42 Å². The first-order chi connectivity index (χ1) is 13.3. The number of esters is 1. The fourth-order valence-electron chi connectivity index (χ4n) is 3.64. The van der Waals surface area contributed by atoms with Gasteiger partial charge in [0, 0.05) is 13.1 Å². The van der Waals surface area contributed by atoms with Crippen molar-refractivity contribution in [1.29, 1.82) is 0 Å². The number of likely N-dealkylation sites (tertiary alicyclic amines) is 1. The largest absolute Gasteiger partial charge is 0.452 e. The van der Waals surface area contributed by atoms with Crippen molar-refractivity contribution in [2.24, 2.45) is 11.8 Å². The highest BCUT2D eigenvalue weighted by atomic mass is 35.5. The molecule has 8 heteroatoms. The van der Waals surface area contributed by atoms with Crippen LogP contribution in [-0.4, -0.2) is 46.3 Å². The molecular formula is C20H23ClFN3O3. The number of halogens is 2. The van der Waals surface area contributed by atoms with Crippen LogP contribution in [0.2, 0.25) is 5.15 Å². The van der Waals surface area contributed by atoms with Crippen molar-refractivity contribution in [1.82, 2.24) is 14.7 Å². The summed E-state index contributed by atoms with van der Waals surface area (Å²) in [5.41, 5.74) is 0.979. The minimum atomic E-state index is -0.706. The molecule has 1 aliphatic heterocycles. The molecular weight excluding hydrogens is 385 g/mol. The number of carbonyl (C=O) groups is 2. The average Bonchev–Trinajstić information content (AvgIpc) is 2.93. The Labute approximate surface area is 168 Å².